The van der Waals surface area contributed by atoms with Crippen LogP contribution < -0.4 is 16.4 Å². The molecule has 1 atom stereocenters. The van der Waals surface area contributed by atoms with E-state index < -0.39 is 17.7 Å². The highest BCUT2D eigenvalue weighted by molar-refractivity contribution is 7.80. The fraction of sp³-hybridized carbons (Fsp3) is 0.385. The third-order valence-corrected chi connectivity index (χ3v) is 2.94. The van der Waals surface area contributed by atoms with Gasteiger partial charge in [0.15, 0.2) is 11.6 Å². The SMILES string of the molecule is COCCNC(=O)C(C)Nc1ccc(C(N)=S)c(F)c1F. The Morgan fingerprint density at radius 2 is 2.10 bits per heavy atom. The smallest absolute Gasteiger partial charge is 0.242 e. The van der Waals surface area contributed by atoms with Gasteiger partial charge in [-0.25, -0.2) is 8.78 Å². The number of nitrogens with one attached hydrogen (secondary N) is 2. The minimum atomic E-state index is -1.14. The van der Waals surface area contributed by atoms with E-state index in [1.165, 1.54) is 26.2 Å². The molecule has 0 aromatic heterocycles. The lowest BCUT2D eigenvalue weighted by Crippen LogP contribution is -2.39. The normalized spacial score (nSPS) is 11.8. The Morgan fingerprint density at radius 1 is 1.43 bits per heavy atom. The molecule has 0 spiro atoms. The molecule has 1 unspecified atom stereocenters. The van der Waals surface area contributed by atoms with Crippen LogP contribution in [-0.4, -0.2) is 37.2 Å². The first-order chi connectivity index (χ1) is 9.88. The molecule has 0 bridgehead atoms. The van der Waals surface area contributed by atoms with Crippen molar-refractivity contribution in [2.24, 2.45) is 5.73 Å². The van der Waals surface area contributed by atoms with Crippen molar-refractivity contribution in [2.45, 2.75) is 13.0 Å². The van der Waals surface area contributed by atoms with Crippen LogP contribution >= 0.6 is 12.2 Å². The summed E-state index contributed by atoms with van der Waals surface area (Å²) in [5.41, 5.74) is 4.97. The van der Waals surface area contributed by atoms with Crippen molar-refractivity contribution in [3.05, 3.63) is 29.3 Å². The van der Waals surface area contributed by atoms with Gasteiger partial charge in [-0.05, 0) is 19.1 Å². The van der Waals surface area contributed by atoms with Gasteiger partial charge >= 0.3 is 0 Å². The number of benzene rings is 1. The second-order valence-corrected chi connectivity index (χ2v) is 4.74. The molecule has 4 N–H and O–H groups in total. The predicted octanol–water partition coefficient (Wildman–Crippen LogP) is 1.16. The molecule has 1 amide bonds. The number of carbonyl (C=O) groups is 1. The van der Waals surface area contributed by atoms with E-state index in [0.717, 1.165) is 0 Å². The molecule has 0 aliphatic carbocycles. The predicted molar refractivity (Wildman–Crippen MR) is 80.2 cm³/mol. The molecule has 0 heterocycles. The summed E-state index contributed by atoms with van der Waals surface area (Å²) in [5, 5.41) is 5.18. The Kier molecular flexibility index (Phi) is 6.44. The molecule has 5 nitrogen and oxygen atoms in total. The number of halogens is 2. The first-order valence-corrected chi connectivity index (χ1v) is 6.60. The third kappa shape index (κ3) is 4.61. The van der Waals surface area contributed by atoms with Crippen LogP contribution in [0.5, 0.6) is 0 Å². The van der Waals surface area contributed by atoms with E-state index in [1.54, 1.807) is 0 Å². The molecule has 0 aliphatic rings. The summed E-state index contributed by atoms with van der Waals surface area (Å²) in [6, 6.07) is 1.80. The van der Waals surface area contributed by atoms with E-state index in [-0.39, 0.29) is 22.1 Å². The Hall–Kier alpha value is -1.80. The molecular formula is C13H17F2N3O2S. The summed E-state index contributed by atoms with van der Waals surface area (Å²) >= 11 is 4.62. The second-order valence-electron chi connectivity index (χ2n) is 4.30. The minimum Gasteiger partial charge on any atom is -0.389 e. The number of nitrogens with two attached hydrogens (primary N) is 1. The van der Waals surface area contributed by atoms with Gasteiger partial charge in [0.1, 0.15) is 11.0 Å². The number of hydrogen-bond donors (Lipinski definition) is 3. The number of amides is 1. The van der Waals surface area contributed by atoms with Crippen LogP contribution in [0.2, 0.25) is 0 Å². The highest BCUT2D eigenvalue weighted by atomic mass is 32.1. The topological polar surface area (TPSA) is 76.4 Å². The molecular weight excluding hydrogens is 300 g/mol. The first-order valence-electron chi connectivity index (χ1n) is 6.19. The summed E-state index contributed by atoms with van der Waals surface area (Å²) in [6.45, 7) is 2.23. The second kappa shape index (κ2) is 7.84. The van der Waals surface area contributed by atoms with Gasteiger partial charge in [0, 0.05) is 19.2 Å². The van der Waals surface area contributed by atoms with Gasteiger partial charge in [0.05, 0.1) is 12.3 Å². The zero-order chi connectivity index (χ0) is 16.0. The number of methoxy groups -OCH3 is 1. The van der Waals surface area contributed by atoms with Gasteiger partial charge in [-0.15, -0.1) is 0 Å². The average Bonchev–Trinajstić information content (AvgIpc) is 2.43. The van der Waals surface area contributed by atoms with Gasteiger partial charge in [-0.2, -0.15) is 0 Å². The molecule has 1 aromatic carbocycles. The molecule has 0 saturated heterocycles. The largest absolute Gasteiger partial charge is 0.389 e. The van der Waals surface area contributed by atoms with E-state index in [2.05, 4.69) is 22.9 Å². The fourth-order valence-corrected chi connectivity index (χ4v) is 1.74. The molecule has 1 aromatic rings. The van der Waals surface area contributed by atoms with E-state index >= 15 is 0 Å². The van der Waals surface area contributed by atoms with Crippen LogP contribution in [0.15, 0.2) is 12.1 Å². The number of carbonyl (C=O) groups excluding carboxylic acids is 1. The highest BCUT2D eigenvalue weighted by Crippen LogP contribution is 2.21. The van der Waals surface area contributed by atoms with Crippen molar-refractivity contribution >= 4 is 28.8 Å². The molecule has 8 heteroatoms. The van der Waals surface area contributed by atoms with Gasteiger partial charge in [0.2, 0.25) is 5.91 Å². The Balaban J connectivity index is 2.77. The lowest BCUT2D eigenvalue weighted by Gasteiger charge is -2.16. The summed E-state index contributed by atoms with van der Waals surface area (Å²) in [5.74, 6) is -2.62. The summed E-state index contributed by atoms with van der Waals surface area (Å²) < 4.78 is 32.4. The van der Waals surface area contributed by atoms with Gasteiger partial charge in [-0.3, -0.25) is 4.79 Å². The monoisotopic (exact) mass is 317 g/mol. The lowest BCUT2D eigenvalue weighted by molar-refractivity contribution is -0.121. The quantitative estimate of drug-likeness (QED) is 0.520. The van der Waals surface area contributed by atoms with Crippen LogP contribution in [0.25, 0.3) is 0 Å². The number of thiocarbonyl (C=S) groups is 1. The average molecular weight is 317 g/mol. The highest BCUT2D eigenvalue weighted by Gasteiger charge is 2.18. The zero-order valence-electron chi connectivity index (χ0n) is 11.7. The lowest BCUT2D eigenvalue weighted by atomic mass is 10.1. The number of hydrogen-bond acceptors (Lipinski definition) is 4. The maximum atomic E-state index is 13.8. The standard InChI is InChI=1S/C13H17F2N3O2S/c1-7(13(19)17-5-6-20-2)18-9-4-3-8(12(16)21)10(14)11(9)15/h3-4,7,18H,5-6H2,1-2H3,(H2,16,21)(H,17,19). The fourth-order valence-electron chi connectivity index (χ4n) is 1.58. The van der Waals surface area contributed by atoms with Crippen molar-refractivity contribution in [1.82, 2.24) is 5.32 Å². The minimum absolute atomic E-state index is 0.137. The van der Waals surface area contributed by atoms with Crippen molar-refractivity contribution < 1.29 is 18.3 Å². The number of ether oxygens (including phenoxy) is 1. The van der Waals surface area contributed by atoms with Crippen molar-refractivity contribution in [2.75, 3.05) is 25.6 Å². The Bertz CT molecular complexity index is 540. The summed E-state index contributed by atoms with van der Waals surface area (Å²) in [6.07, 6.45) is 0. The number of anilines is 1. The third-order valence-electron chi connectivity index (χ3n) is 2.72. The van der Waals surface area contributed by atoms with E-state index in [9.17, 15) is 13.6 Å². The molecule has 0 saturated carbocycles. The van der Waals surface area contributed by atoms with E-state index in [4.69, 9.17) is 10.5 Å². The van der Waals surface area contributed by atoms with E-state index in [0.29, 0.717) is 13.2 Å². The van der Waals surface area contributed by atoms with Gasteiger partial charge in [0.25, 0.3) is 0 Å². The van der Waals surface area contributed by atoms with Crippen LogP contribution in [0, 0.1) is 11.6 Å². The zero-order valence-corrected chi connectivity index (χ0v) is 12.5. The van der Waals surface area contributed by atoms with Crippen molar-refractivity contribution in [3.63, 3.8) is 0 Å². The summed E-state index contributed by atoms with van der Waals surface area (Å²) in [7, 11) is 1.51. The molecule has 0 aliphatic heterocycles. The number of rotatable bonds is 7. The molecule has 0 fully saturated rings. The van der Waals surface area contributed by atoms with Crippen molar-refractivity contribution in [3.8, 4) is 0 Å². The van der Waals surface area contributed by atoms with Crippen LogP contribution in [0.4, 0.5) is 14.5 Å². The van der Waals surface area contributed by atoms with Gasteiger partial charge < -0.3 is 21.1 Å². The van der Waals surface area contributed by atoms with E-state index in [1.807, 2.05) is 0 Å². The van der Waals surface area contributed by atoms with Crippen LogP contribution in [-0.2, 0) is 9.53 Å². The van der Waals surface area contributed by atoms with Crippen molar-refractivity contribution in [1.29, 1.82) is 0 Å². The molecule has 116 valence electrons. The van der Waals surface area contributed by atoms with Crippen LogP contribution in [0.3, 0.4) is 0 Å². The van der Waals surface area contributed by atoms with Gasteiger partial charge in [-0.1, -0.05) is 12.2 Å². The maximum Gasteiger partial charge on any atom is 0.242 e. The molecule has 21 heavy (non-hydrogen) atoms. The Labute approximate surface area is 126 Å². The summed E-state index contributed by atoms with van der Waals surface area (Å²) in [4.78, 5) is 11.5. The molecule has 1 rings (SSSR count). The Morgan fingerprint density at radius 3 is 2.67 bits per heavy atom. The maximum absolute atomic E-state index is 13.8. The molecule has 0 radical (unpaired) electrons. The van der Waals surface area contributed by atoms with Crippen LogP contribution in [0.1, 0.15) is 12.5 Å². The first kappa shape index (κ1) is 17.3.